The molecule has 22 heteroatoms. The molecule has 0 atom stereocenters. The van der Waals surface area contributed by atoms with Crippen molar-refractivity contribution in [3.05, 3.63) is 71.0 Å². The molecule has 0 aliphatic heterocycles. The Labute approximate surface area is 281 Å². The van der Waals surface area contributed by atoms with E-state index in [1.807, 2.05) is 0 Å². The summed E-state index contributed by atoms with van der Waals surface area (Å²) in [6, 6.07) is 10.4. The number of fused-ring (bicyclic) bond motifs is 1. The van der Waals surface area contributed by atoms with Crippen molar-refractivity contribution in [2.45, 2.75) is 23.6 Å². The van der Waals surface area contributed by atoms with Crippen molar-refractivity contribution in [1.29, 1.82) is 0 Å². The minimum absolute atomic E-state index is 0.0668. The molecule has 49 heavy (non-hydrogen) atoms. The van der Waals surface area contributed by atoms with Crippen LogP contribution in [0, 0.1) is 13.8 Å². The number of hydrogen-bond donors (Lipinski definition) is 8. The average molecular weight is 752 g/mol. The highest BCUT2D eigenvalue weighted by atomic mass is 35.5. The van der Waals surface area contributed by atoms with Crippen LogP contribution in [-0.4, -0.2) is 60.9 Å². The number of azo groups is 1. The highest BCUT2D eigenvalue weighted by molar-refractivity contribution is 7.86. The van der Waals surface area contributed by atoms with Crippen molar-refractivity contribution in [3.63, 3.8) is 0 Å². The Morgan fingerprint density at radius 3 is 2.06 bits per heavy atom. The topological polar surface area (TPSA) is 294 Å². The molecule has 0 unspecified atom stereocenters. The first kappa shape index (κ1) is 35.5. The molecular formula is C27H23ClN7O11PS2. The van der Waals surface area contributed by atoms with Gasteiger partial charge >= 0.3 is 7.60 Å². The maximum atomic E-state index is 12.2. The Kier molecular flexibility index (Phi) is 9.36. The third kappa shape index (κ3) is 7.93. The van der Waals surface area contributed by atoms with Crippen molar-refractivity contribution in [1.82, 2.24) is 15.0 Å². The van der Waals surface area contributed by atoms with Crippen LogP contribution in [-0.2, 0) is 24.8 Å². The lowest BCUT2D eigenvalue weighted by Crippen LogP contribution is -2.08. The van der Waals surface area contributed by atoms with E-state index in [0.29, 0.717) is 0 Å². The maximum absolute atomic E-state index is 12.2. The van der Waals surface area contributed by atoms with E-state index < -0.39 is 59.8 Å². The van der Waals surface area contributed by atoms with Gasteiger partial charge in [-0.05, 0) is 73.3 Å². The minimum Gasteiger partial charge on any atom is -0.505 e. The van der Waals surface area contributed by atoms with Crippen LogP contribution in [0.25, 0.3) is 10.8 Å². The largest absolute Gasteiger partial charge is 0.505 e. The second-order valence-electron chi connectivity index (χ2n) is 10.3. The standard InChI is InChI=1S/C27H23ClN7O11PS2/c1-12-6-14-7-17(48(41,42)43)10-20(22(14)25(37)23(12)35-34-21-11-18(49(44,45)46)9-19(28)24(21)36)32-27-30-13(2)29-26(33-27)31-15-4-3-5-16(8-15)47(38,39)40/h3-11,36-37H,1-2H3,(H2,38,39,40)(H,41,42,43)(H,44,45,46)(H2,29,30,31,32,33). The van der Waals surface area contributed by atoms with Gasteiger partial charge in [0.25, 0.3) is 20.2 Å². The summed E-state index contributed by atoms with van der Waals surface area (Å²) in [6.45, 7) is 2.96. The van der Waals surface area contributed by atoms with E-state index in [1.165, 1.54) is 44.2 Å². The first-order valence-corrected chi connectivity index (χ1v) is 18.2. The predicted molar refractivity (Wildman–Crippen MR) is 177 cm³/mol. The number of phenolic OH excluding ortho intramolecular Hbond substituents is 2. The first-order valence-electron chi connectivity index (χ1n) is 13.3. The number of phenols is 2. The van der Waals surface area contributed by atoms with Crippen LogP contribution in [0.5, 0.6) is 11.5 Å². The summed E-state index contributed by atoms with van der Waals surface area (Å²) in [5.41, 5.74) is -0.427. The lowest BCUT2D eigenvalue weighted by molar-refractivity contribution is 0.387. The number of benzene rings is 4. The predicted octanol–water partition coefficient (Wildman–Crippen LogP) is 4.91. The number of nitrogens with zero attached hydrogens (tertiary/aromatic N) is 5. The highest BCUT2D eigenvalue weighted by Gasteiger charge is 2.22. The number of halogens is 1. The third-order valence-corrected chi connectivity index (χ3v) is 9.55. The van der Waals surface area contributed by atoms with Gasteiger partial charge in [0, 0.05) is 11.1 Å². The van der Waals surface area contributed by atoms with Crippen molar-refractivity contribution >= 4 is 90.2 Å². The van der Waals surface area contributed by atoms with Crippen LogP contribution in [0.15, 0.2) is 74.6 Å². The van der Waals surface area contributed by atoms with Gasteiger partial charge in [-0.15, -0.1) is 10.2 Å². The Bertz CT molecular complexity index is 2480. The number of hydrogen-bond acceptors (Lipinski definition) is 14. The van der Waals surface area contributed by atoms with Crippen LogP contribution in [0.4, 0.5) is 34.6 Å². The molecule has 0 spiro atoms. The first-order chi connectivity index (χ1) is 22.7. The molecule has 1 aromatic heterocycles. The molecule has 0 aliphatic rings. The Morgan fingerprint density at radius 1 is 0.796 bits per heavy atom. The van der Waals surface area contributed by atoms with Gasteiger partial charge in [0.2, 0.25) is 11.9 Å². The average Bonchev–Trinajstić information content (AvgIpc) is 2.97. The number of rotatable bonds is 9. The van der Waals surface area contributed by atoms with Crippen LogP contribution in [0.3, 0.4) is 0 Å². The fourth-order valence-corrected chi connectivity index (χ4v) is 6.43. The smallest absolute Gasteiger partial charge is 0.356 e. The number of aromatic nitrogens is 3. The molecule has 1 heterocycles. The zero-order chi connectivity index (χ0) is 36.1. The minimum atomic E-state index is -4.79. The Morgan fingerprint density at radius 2 is 1.43 bits per heavy atom. The molecule has 0 radical (unpaired) electrons. The van der Waals surface area contributed by atoms with Crippen LogP contribution in [0.1, 0.15) is 11.4 Å². The van der Waals surface area contributed by atoms with Gasteiger partial charge in [0.1, 0.15) is 17.2 Å². The van der Waals surface area contributed by atoms with Gasteiger partial charge < -0.3 is 30.6 Å². The maximum Gasteiger partial charge on any atom is 0.356 e. The third-order valence-electron chi connectivity index (χ3n) is 6.65. The molecule has 0 amide bonds. The van der Waals surface area contributed by atoms with Crippen molar-refractivity contribution < 1.29 is 50.5 Å². The lowest BCUT2D eigenvalue weighted by atomic mass is 10.0. The van der Waals surface area contributed by atoms with Crippen molar-refractivity contribution in [2.24, 2.45) is 10.2 Å². The summed E-state index contributed by atoms with van der Waals surface area (Å²) in [6.07, 6.45) is 0. The zero-order valence-electron chi connectivity index (χ0n) is 24.8. The molecule has 8 N–H and O–H groups in total. The van der Waals surface area contributed by atoms with Gasteiger partial charge in [-0.3, -0.25) is 13.7 Å². The van der Waals surface area contributed by atoms with E-state index in [1.54, 1.807) is 0 Å². The fraction of sp³-hybridized carbons (Fsp3) is 0.0741. The van der Waals surface area contributed by atoms with Gasteiger partial charge in [-0.2, -0.15) is 31.8 Å². The molecule has 5 aromatic rings. The van der Waals surface area contributed by atoms with E-state index in [4.69, 9.17) is 11.6 Å². The molecule has 0 saturated heterocycles. The van der Waals surface area contributed by atoms with Gasteiger partial charge in [-0.1, -0.05) is 17.7 Å². The molecule has 256 valence electrons. The summed E-state index contributed by atoms with van der Waals surface area (Å²) >= 11 is 5.88. The van der Waals surface area contributed by atoms with E-state index in [0.717, 1.165) is 24.3 Å². The number of aromatic hydroxyl groups is 2. The molecular weight excluding hydrogens is 729 g/mol. The monoisotopic (exact) mass is 751 g/mol. The molecule has 0 bridgehead atoms. The van der Waals surface area contributed by atoms with Gasteiger partial charge in [0.05, 0.1) is 25.8 Å². The van der Waals surface area contributed by atoms with Crippen molar-refractivity contribution in [3.8, 4) is 11.5 Å². The Balaban J connectivity index is 1.62. The van der Waals surface area contributed by atoms with Crippen molar-refractivity contribution in [2.75, 3.05) is 10.6 Å². The summed E-state index contributed by atoms with van der Waals surface area (Å²) < 4.78 is 78.6. The SMILES string of the molecule is Cc1nc(Nc2cccc(P(=O)(O)O)c2)nc(Nc2cc(S(=O)(=O)O)cc3cc(C)c(N=Nc4cc(S(=O)(=O)O)cc(Cl)c4O)c(O)c23)n1. The number of nitrogens with one attached hydrogen (secondary N) is 2. The summed E-state index contributed by atoms with van der Waals surface area (Å²) in [4.78, 5) is 30.3. The molecule has 18 nitrogen and oxygen atoms in total. The summed E-state index contributed by atoms with van der Waals surface area (Å²) in [5, 5.41) is 34.3. The fourth-order valence-electron chi connectivity index (χ4n) is 4.49. The molecule has 0 fully saturated rings. The molecule has 5 rings (SSSR count). The van der Waals surface area contributed by atoms with E-state index in [9.17, 15) is 50.5 Å². The zero-order valence-corrected chi connectivity index (χ0v) is 28.1. The van der Waals surface area contributed by atoms with Crippen LogP contribution >= 0.6 is 19.2 Å². The van der Waals surface area contributed by atoms with E-state index in [-0.39, 0.29) is 56.4 Å². The quantitative estimate of drug-likeness (QED) is 0.0564. The molecule has 4 aromatic carbocycles. The Hall–Kier alpha value is -4.79. The molecule has 0 aliphatic carbocycles. The molecule has 0 saturated carbocycles. The van der Waals surface area contributed by atoms with E-state index >= 15 is 0 Å². The van der Waals surface area contributed by atoms with Gasteiger partial charge in [0.15, 0.2) is 11.5 Å². The summed E-state index contributed by atoms with van der Waals surface area (Å²) in [7, 11) is -14.1. The normalized spacial score (nSPS) is 12.5. The second-order valence-corrected chi connectivity index (χ2v) is 15.1. The van der Waals surface area contributed by atoms with E-state index in [2.05, 4.69) is 35.8 Å². The van der Waals surface area contributed by atoms with Crippen LogP contribution in [0.2, 0.25) is 5.02 Å². The lowest BCUT2D eigenvalue weighted by Gasteiger charge is -2.15. The highest BCUT2D eigenvalue weighted by Crippen LogP contribution is 2.45. The second kappa shape index (κ2) is 12.9. The number of aryl methyl sites for hydroxylation is 2. The summed E-state index contributed by atoms with van der Waals surface area (Å²) in [5.74, 6) is -1.41. The van der Waals surface area contributed by atoms with Crippen LogP contribution < -0.4 is 15.9 Å². The van der Waals surface area contributed by atoms with Gasteiger partial charge in [-0.25, -0.2) is 0 Å². The number of anilines is 4.